The van der Waals surface area contributed by atoms with Gasteiger partial charge in [-0.25, -0.2) is 4.98 Å². The molecule has 0 radical (unpaired) electrons. The Morgan fingerprint density at radius 1 is 1.09 bits per heavy atom. The molecule has 0 spiro atoms. The number of alkyl halides is 2. The van der Waals surface area contributed by atoms with Crippen molar-refractivity contribution in [2.24, 2.45) is 0 Å². The van der Waals surface area contributed by atoms with Crippen molar-refractivity contribution in [3.63, 3.8) is 0 Å². The van der Waals surface area contributed by atoms with Crippen LogP contribution in [-0.2, 0) is 17.8 Å². The summed E-state index contributed by atoms with van der Waals surface area (Å²) < 4.78 is 31.5. The Bertz CT molecular complexity index is 1350. The lowest BCUT2D eigenvalue weighted by molar-refractivity contribution is -0.116. The molecule has 0 atom stereocenters. The van der Waals surface area contributed by atoms with E-state index in [1.807, 2.05) is 43.3 Å². The van der Waals surface area contributed by atoms with Crippen LogP contribution < -0.4 is 15.6 Å². The highest BCUT2D eigenvalue weighted by atomic mass is 19.3. The quantitative estimate of drug-likeness (QED) is 0.450. The summed E-state index contributed by atoms with van der Waals surface area (Å²) in [6, 6.07) is 19.1. The number of aryl methyl sites for hydroxylation is 1. The molecule has 6 nitrogen and oxygen atoms in total. The molecule has 8 heteroatoms. The Morgan fingerprint density at radius 2 is 1.88 bits per heavy atom. The molecule has 0 saturated carbocycles. The minimum Gasteiger partial charge on any atom is -0.435 e. The van der Waals surface area contributed by atoms with Crippen LogP contribution in [0.5, 0.6) is 5.75 Å². The van der Waals surface area contributed by atoms with E-state index < -0.39 is 12.5 Å². The van der Waals surface area contributed by atoms with Crippen molar-refractivity contribution >= 4 is 22.5 Å². The first kappa shape index (κ1) is 22.1. The summed E-state index contributed by atoms with van der Waals surface area (Å²) in [4.78, 5) is 29.6. The molecule has 0 fully saturated rings. The normalized spacial score (nSPS) is 11.0. The number of para-hydroxylation sites is 1. The molecule has 3 aromatic carbocycles. The fraction of sp³-hybridized carbons (Fsp3) is 0.160. The largest absolute Gasteiger partial charge is 0.435 e. The second-order valence-electron chi connectivity index (χ2n) is 7.56. The molecule has 4 aromatic rings. The van der Waals surface area contributed by atoms with Crippen molar-refractivity contribution in [1.29, 1.82) is 0 Å². The molecule has 0 bridgehead atoms. The molecular weight excluding hydrogens is 428 g/mol. The van der Waals surface area contributed by atoms with Crippen LogP contribution in [0.1, 0.15) is 16.7 Å². The van der Waals surface area contributed by atoms with Gasteiger partial charge in [0.05, 0.1) is 17.2 Å². The fourth-order valence-corrected chi connectivity index (χ4v) is 3.63. The lowest BCUT2D eigenvalue weighted by Gasteiger charge is -2.14. The molecule has 0 unspecified atom stereocenters. The number of anilines is 1. The van der Waals surface area contributed by atoms with Crippen LogP contribution in [-0.4, -0.2) is 22.1 Å². The zero-order valence-electron chi connectivity index (χ0n) is 17.8. The zero-order chi connectivity index (χ0) is 23.4. The molecule has 1 N–H and O–H groups in total. The van der Waals surface area contributed by atoms with E-state index in [4.69, 9.17) is 0 Å². The lowest BCUT2D eigenvalue weighted by Crippen LogP contribution is -2.28. The van der Waals surface area contributed by atoms with Gasteiger partial charge in [-0.2, -0.15) is 8.78 Å². The van der Waals surface area contributed by atoms with Crippen molar-refractivity contribution in [2.45, 2.75) is 26.5 Å². The number of fused-ring (bicyclic) bond motifs is 1. The third-order valence-electron chi connectivity index (χ3n) is 5.17. The Kier molecular flexibility index (Phi) is 6.44. The Balaban J connectivity index is 1.55. The number of nitrogens with zero attached hydrogens (tertiary/aromatic N) is 2. The fourth-order valence-electron chi connectivity index (χ4n) is 3.63. The molecule has 168 valence electrons. The van der Waals surface area contributed by atoms with Crippen molar-refractivity contribution in [2.75, 3.05) is 5.32 Å². The first-order valence-electron chi connectivity index (χ1n) is 10.3. The molecule has 1 heterocycles. The number of aromatic nitrogens is 2. The summed E-state index contributed by atoms with van der Waals surface area (Å²) >= 11 is 0. The number of carbonyl (C=O) groups excluding carboxylic acids is 1. The van der Waals surface area contributed by atoms with Gasteiger partial charge >= 0.3 is 6.61 Å². The van der Waals surface area contributed by atoms with Crippen molar-refractivity contribution in [3.8, 4) is 5.75 Å². The molecule has 1 aromatic heterocycles. The van der Waals surface area contributed by atoms with Crippen molar-refractivity contribution in [3.05, 3.63) is 100 Å². The van der Waals surface area contributed by atoms with E-state index in [-0.39, 0.29) is 17.9 Å². The molecule has 0 aliphatic carbocycles. The summed E-state index contributed by atoms with van der Waals surface area (Å²) in [5.74, 6) is -0.406. The smallest absolute Gasteiger partial charge is 0.387 e. The second-order valence-corrected chi connectivity index (χ2v) is 7.56. The predicted octanol–water partition coefficient (Wildman–Crippen LogP) is 4.54. The van der Waals surface area contributed by atoms with Gasteiger partial charge in [-0.05, 0) is 42.3 Å². The first-order valence-corrected chi connectivity index (χ1v) is 10.3. The number of nitrogens with one attached hydrogen (secondary N) is 1. The highest BCUT2D eigenvalue weighted by Crippen LogP contribution is 2.27. The van der Waals surface area contributed by atoms with E-state index in [0.29, 0.717) is 28.6 Å². The van der Waals surface area contributed by atoms with Crippen LogP contribution in [0.3, 0.4) is 0 Å². The Morgan fingerprint density at radius 3 is 2.64 bits per heavy atom. The van der Waals surface area contributed by atoms with E-state index in [1.54, 1.807) is 18.2 Å². The van der Waals surface area contributed by atoms with E-state index in [0.717, 1.165) is 11.1 Å². The molecule has 4 rings (SSSR count). The van der Waals surface area contributed by atoms with Crippen LogP contribution in [0, 0.1) is 6.92 Å². The van der Waals surface area contributed by atoms with E-state index in [9.17, 15) is 18.4 Å². The van der Waals surface area contributed by atoms with Crippen molar-refractivity contribution in [1.82, 2.24) is 9.55 Å². The standard InChI is InChI=1S/C25H21F2N3O3/c1-16-6-5-9-20-23(16)28-15-30(24(20)32)14-22(31)29-19-10-11-21(33-25(26)27)18(13-19)12-17-7-3-2-4-8-17/h2-11,13,15,25H,12,14H2,1H3,(H,29,31). The maximum Gasteiger partial charge on any atom is 0.387 e. The maximum absolute atomic E-state index is 12.8. The number of ether oxygens (including phenoxy) is 1. The second kappa shape index (κ2) is 9.60. The van der Waals surface area contributed by atoms with Crippen LogP contribution in [0.15, 0.2) is 77.9 Å². The number of rotatable bonds is 7. The summed E-state index contributed by atoms with van der Waals surface area (Å²) in [6.07, 6.45) is 1.69. The van der Waals surface area contributed by atoms with Crippen LogP contribution in [0.4, 0.5) is 14.5 Å². The average Bonchev–Trinajstić information content (AvgIpc) is 2.78. The van der Waals surface area contributed by atoms with Gasteiger partial charge in [0.25, 0.3) is 5.56 Å². The number of carbonyl (C=O) groups is 1. The van der Waals surface area contributed by atoms with Gasteiger partial charge in [0.15, 0.2) is 0 Å². The Labute approximate surface area is 188 Å². The summed E-state index contributed by atoms with van der Waals surface area (Å²) in [6.45, 7) is -1.34. The van der Waals surface area contributed by atoms with Crippen LogP contribution >= 0.6 is 0 Å². The van der Waals surface area contributed by atoms with Gasteiger partial charge in [-0.3, -0.25) is 14.2 Å². The third kappa shape index (κ3) is 5.23. The number of hydrogen-bond acceptors (Lipinski definition) is 4. The summed E-state index contributed by atoms with van der Waals surface area (Å²) in [5.41, 5.74) is 2.97. The van der Waals surface area contributed by atoms with Gasteiger partial charge in [0.2, 0.25) is 5.91 Å². The zero-order valence-corrected chi connectivity index (χ0v) is 17.8. The lowest BCUT2D eigenvalue weighted by atomic mass is 10.0. The highest BCUT2D eigenvalue weighted by molar-refractivity contribution is 5.91. The highest BCUT2D eigenvalue weighted by Gasteiger charge is 2.14. The molecule has 0 aliphatic rings. The van der Waals surface area contributed by atoms with Gasteiger partial charge in [-0.1, -0.05) is 42.5 Å². The predicted molar refractivity (Wildman–Crippen MR) is 122 cm³/mol. The van der Waals surface area contributed by atoms with Gasteiger partial charge in [0, 0.05) is 17.7 Å². The number of amides is 1. The molecule has 0 saturated heterocycles. The molecular formula is C25H21F2N3O3. The minimum absolute atomic E-state index is 0.0390. The van der Waals surface area contributed by atoms with Crippen molar-refractivity contribution < 1.29 is 18.3 Å². The maximum atomic E-state index is 12.8. The Hall–Kier alpha value is -4.07. The summed E-state index contributed by atoms with van der Waals surface area (Å²) in [7, 11) is 0. The number of hydrogen-bond donors (Lipinski definition) is 1. The van der Waals surface area contributed by atoms with Crippen LogP contribution in [0.2, 0.25) is 0 Å². The summed E-state index contributed by atoms with van der Waals surface area (Å²) in [5, 5.41) is 3.15. The molecule has 1 amide bonds. The topological polar surface area (TPSA) is 73.2 Å². The minimum atomic E-state index is -2.96. The third-order valence-corrected chi connectivity index (χ3v) is 5.17. The van der Waals surface area contributed by atoms with E-state index in [1.165, 1.54) is 23.0 Å². The SMILES string of the molecule is Cc1cccc2c(=O)n(CC(=O)Nc3ccc(OC(F)F)c(Cc4ccccc4)c3)cnc12. The van der Waals surface area contributed by atoms with E-state index in [2.05, 4.69) is 15.0 Å². The number of halogens is 2. The molecule has 0 aliphatic heterocycles. The van der Waals surface area contributed by atoms with Gasteiger partial charge in [0.1, 0.15) is 12.3 Å². The van der Waals surface area contributed by atoms with Crippen LogP contribution in [0.25, 0.3) is 10.9 Å². The van der Waals surface area contributed by atoms with E-state index >= 15 is 0 Å². The molecule has 33 heavy (non-hydrogen) atoms. The monoisotopic (exact) mass is 449 g/mol. The first-order chi connectivity index (χ1) is 15.9. The van der Waals surface area contributed by atoms with Gasteiger partial charge < -0.3 is 10.1 Å². The van der Waals surface area contributed by atoms with Gasteiger partial charge in [-0.15, -0.1) is 0 Å². The average molecular weight is 449 g/mol. The number of benzene rings is 3.